The molecular weight excluding hydrogens is 286 g/mol. The Morgan fingerprint density at radius 2 is 1.64 bits per heavy atom. The number of pyridine rings is 1. The number of methoxy groups -OCH3 is 2. The lowest BCUT2D eigenvalue weighted by molar-refractivity contribution is 0.0600. The van der Waals surface area contributed by atoms with Gasteiger partial charge in [-0.1, -0.05) is 0 Å². The molecule has 1 aromatic carbocycles. The first-order chi connectivity index (χ1) is 10.6. The fraction of sp³-hybridized carbons (Fsp3) is 0.133. The number of rotatable bonds is 4. The molecule has 0 unspecified atom stereocenters. The van der Waals surface area contributed by atoms with Crippen LogP contribution in [0.5, 0.6) is 0 Å². The van der Waals surface area contributed by atoms with Crippen molar-refractivity contribution >= 4 is 29.3 Å². The van der Waals surface area contributed by atoms with Gasteiger partial charge in [-0.05, 0) is 36.4 Å². The molecule has 0 aliphatic rings. The topological polar surface area (TPSA) is 89.6 Å². The van der Waals surface area contributed by atoms with Crippen LogP contribution < -0.4 is 10.6 Å². The number of hydrogen-bond acceptors (Lipinski definition) is 6. The lowest BCUT2D eigenvalue weighted by Gasteiger charge is -2.08. The number of anilines is 3. The van der Waals surface area contributed by atoms with Gasteiger partial charge in [0.25, 0.3) is 0 Å². The normalized spacial score (nSPS) is 9.73. The Morgan fingerprint density at radius 1 is 0.955 bits per heavy atom. The third-order valence-corrected chi connectivity index (χ3v) is 2.77. The molecule has 2 rings (SSSR count). The molecular formula is C15H15N3O4. The average molecular weight is 301 g/mol. The van der Waals surface area contributed by atoms with Crippen LogP contribution in [0.1, 0.15) is 10.4 Å². The second-order valence-corrected chi connectivity index (χ2v) is 4.24. The number of esters is 1. The van der Waals surface area contributed by atoms with Crippen LogP contribution in [-0.4, -0.2) is 31.3 Å². The molecule has 0 atom stereocenters. The van der Waals surface area contributed by atoms with E-state index in [1.807, 2.05) is 0 Å². The van der Waals surface area contributed by atoms with Crippen molar-refractivity contribution in [2.45, 2.75) is 0 Å². The summed E-state index contributed by atoms with van der Waals surface area (Å²) in [5.74, 6) is 0.212. The lowest BCUT2D eigenvalue weighted by Crippen LogP contribution is -2.11. The van der Waals surface area contributed by atoms with Gasteiger partial charge in [0.05, 0.1) is 31.7 Å². The zero-order chi connectivity index (χ0) is 15.9. The summed E-state index contributed by atoms with van der Waals surface area (Å²) in [5.41, 5.74) is 1.77. The van der Waals surface area contributed by atoms with Crippen LogP contribution in [0.25, 0.3) is 0 Å². The highest BCUT2D eigenvalue weighted by atomic mass is 16.5. The number of aromatic nitrogens is 1. The van der Waals surface area contributed by atoms with E-state index in [4.69, 9.17) is 0 Å². The summed E-state index contributed by atoms with van der Waals surface area (Å²) in [6.45, 7) is 0. The van der Waals surface area contributed by atoms with Crippen molar-refractivity contribution in [3.05, 3.63) is 48.2 Å². The summed E-state index contributed by atoms with van der Waals surface area (Å²) in [5, 5.41) is 5.58. The summed E-state index contributed by atoms with van der Waals surface area (Å²) in [7, 11) is 2.62. The van der Waals surface area contributed by atoms with Crippen LogP contribution in [0.3, 0.4) is 0 Å². The van der Waals surface area contributed by atoms with Crippen LogP contribution in [0.15, 0.2) is 42.6 Å². The number of carbonyl (C=O) groups is 2. The molecule has 0 radical (unpaired) electrons. The lowest BCUT2D eigenvalue weighted by atomic mass is 10.2. The Bertz CT molecular complexity index is 653. The Kier molecular flexibility index (Phi) is 4.92. The van der Waals surface area contributed by atoms with Crippen molar-refractivity contribution in [2.24, 2.45) is 0 Å². The minimum Gasteiger partial charge on any atom is -0.465 e. The predicted octanol–water partition coefficient (Wildman–Crippen LogP) is 2.79. The number of benzene rings is 1. The monoisotopic (exact) mass is 301 g/mol. The number of nitrogens with zero attached hydrogens (tertiary/aromatic N) is 1. The summed E-state index contributed by atoms with van der Waals surface area (Å²) in [6.07, 6.45) is 0.947. The number of amides is 1. The Labute approximate surface area is 127 Å². The zero-order valence-electron chi connectivity index (χ0n) is 12.1. The van der Waals surface area contributed by atoms with Crippen molar-refractivity contribution in [2.75, 3.05) is 24.9 Å². The maximum Gasteiger partial charge on any atom is 0.411 e. The van der Waals surface area contributed by atoms with E-state index < -0.39 is 6.09 Å². The van der Waals surface area contributed by atoms with Crippen molar-refractivity contribution in [1.29, 1.82) is 0 Å². The first-order valence-corrected chi connectivity index (χ1v) is 6.39. The van der Waals surface area contributed by atoms with Crippen LogP contribution in [0.4, 0.5) is 22.0 Å². The van der Waals surface area contributed by atoms with Crippen molar-refractivity contribution in [1.82, 2.24) is 4.98 Å². The fourth-order valence-corrected chi connectivity index (χ4v) is 1.67. The van der Waals surface area contributed by atoms with Gasteiger partial charge < -0.3 is 14.8 Å². The molecule has 0 fully saturated rings. The minimum atomic E-state index is -0.555. The smallest absolute Gasteiger partial charge is 0.411 e. The Morgan fingerprint density at radius 3 is 2.18 bits per heavy atom. The molecule has 22 heavy (non-hydrogen) atoms. The molecule has 2 N–H and O–H groups in total. The third-order valence-electron chi connectivity index (χ3n) is 2.77. The third kappa shape index (κ3) is 3.95. The zero-order valence-corrected chi connectivity index (χ0v) is 12.1. The molecule has 0 spiro atoms. The first kappa shape index (κ1) is 15.3. The number of nitrogens with one attached hydrogen (secondary N) is 2. The van der Waals surface area contributed by atoms with E-state index in [-0.39, 0.29) is 5.97 Å². The summed E-state index contributed by atoms with van der Waals surface area (Å²) < 4.78 is 9.12. The SMILES string of the molecule is COC(=O)Nc1ccc(Nc2ccc(C(=O)OC)cc2)nc1. The summed E-state index contributed by atoms with van der Waals surface area (Å²) >= 11 is 0. The van der Waals surface area contributed by atoms with Crippen LogP contribution in [0.2, 0.25) is 0 Å². The molecule has 114 valence electrons. The molecule has 7 heteroatoms. The highest BCUT2D eigenvalue weighted by molar-refractivity contribution is 5.89. The van der Waals surface area contributed by atoms with E-state index in [1.54, 1.807) is 36.4 Å². The molecule has 0 saturated heterocycles. The van der Waals surface area contributed by atoms with E-state index in [2.05, 4.69) is 25.1 Å². The number of carbonyl (C=O) groups excluding carboxylic acids is 2. The molecule has 7 nitrogen and oxygen atoms in total. The van der Waals surface area contributed by atoms with Crippen molar-refractivity contribution in [3.8, 4) is 0 Å². The average Bonchev–Trinajstić information content (AvgIpc) is 2.56. The predicted molar refractivity (Wildman–Crippen MR) is 81.3 cm³/mol. The quantitative estimate of drug-likeness (QED) is 0.844. The highest BCUT2D eigenvalue weighted by Gasteiger charge is 2.05. The highest BCUT2D eigenvalue weighted by Crippen LogP contribution is 2.17. The molecule has 0 saturated carbocycles. The van der Waals surface area contributed by atoms with Crippen molar-refractivity contribution in [3.63, 3.8) is 0 Å². The van der Waals surface area contributed by atoms with Gasteiger partial charge in [0.15, 0.2) is 0 Å². The number of ether oxygens (including phenoxy) is 2. The van der Waals surface area contributed by atoms with Gasteiger partial charge in [0, 0.05) is 5.69 Å². The van der Waals surface area contributed by atoms with E-state index in [1.165, 1.54) is 20.4 Å². The molecule has 1 aromatic heterocycles. The van der Waals surface area contributed by atoms with E-state index in [9.17, 15) is 9.59 Å². The Balaban J connectivity index is 2.01. The van der Waals surface area contributed by atoms with Gasteiger partial charge in [-0.15, -0.1) is 0 Å². The maximum absolute atomic E-state index is 11.3. The van der Waals surface area contributed by atoms with Gasteiger partial charge in [-0.2, -0.15) is 0 Å². The summed E-state index contributed by atoms with van der Waals surface area (Å²) in [6, 6.07) is 10.2. The first-order valence-electron chi connectivity index (χ1n) is 6.39. The van der Waals surface area contributed by atoms with Crippen molar-refractivity contribution < 1.29 is 19.1 Å². The molecule has 1 heterocycles. The molecule has 1 amide bonds. The molecule has 2 aromatic rings. The van der Waals surface area contributed by atoms with E-state index in [0.717, 1.165) is 5.69 Å². The molecule has 0 aliphatic carbocycles. The standard InChI is InChI=1S/C15H15N3O4/c1-21-14(19)10-3-5-11(6-4-10)17-13-8-7-12(9-16-13)18-15(20)22-2/h3-9H,1-2H3,(H,16,17)(H,18,20). The van der Waals surface area contributed by atoms with Gasteiger partial charge >= 0.3 is 12.1 Å². The fourth-order valence-electron chi connectivity index (χ4n) is 1.67. The Hall–Kier alpha value is -3.09. The van der Waals surface area contributed by atoms with Gasteiger partial charge in [0.2, 0.25) is 0 Å². The molecule has 0 aliphatic heterocycles. The largest absolute Gasteiger partial charge is 0.465 e. The second-order valence-electron chi connectivity index (χ2n) is 4.24. The summed E-state index contributed by atoms with van der Waals surface area (Å²) in [4.78, 5) is 26.6. The van der Waals surface area contributed by atoms with E-state index in [0.29, 0.717) is 17.1 Å². The van der Waals surface area contributed by atoms with E-state index >= 15 is 0 Å². The minimum absolute atomic E-state index is 0.386. The van der Waals surface area contributed by atoms with Crippen LogP contribution in [0, 0.1) is 0 Å². The van der Waals surface area contributed by atoms with Gasteiger partial charge in [0.1, 0.15) is 5.82 Å². The van der Waals surface area contributed by atoms with Crippen LogP contribution in [-0.2, 0) is 9.47 Å². The van der Waals surface area contributed by atoms with Gasteiger partial charge in [-0.3, -0.25) is 5.32 Å². The molecule has 0 bridgehead atoms. The second kappa shape index (κ2) is 7.07. The van der Waals surface area contributed by atoms with Gasteiger partial charge in [-0.25, -0.2) is 14.6 Å². The number of hydrogen-bond donors (Lipinski definition) is 2. The van der Waals surface area contributed by atoms with Crippen LogP contribution >= 0.6 is 0 Å². The maximum atomic E-state index is 11.3.